The topological polar surface area (TPSA) is 12.0 Å². The van der Waals surface area contributed by atoms with E-state index in [0.29, 0.717) is 0 Å². The molecule has 0 aliphatic heterocycles. The minimum atomic E-state index is 0.859. The zero-order valence-electron chi connectivity index (χ0n) is 8.76. The fourth-order valence-corrected chi connectivity index (χ4v) is 3.21. The number of anilines is 1. The van der Waals surface area contributed by atoms with Crippen LogP contribution in [0.3, 0.4) is 0 Å². The van der Waals surface area contributed by atoms with Gasteiger partial charge in [-0.2, -0.15) is 0 Å². The SMILES string of the molecule is Cc1ccc(Br)c(NCc2ccc(Br)s2)c1. The van der Waals surface area contributed by atoms with Crippen LogP contribution in [0.15, 0.2) is 38.6 Å². The van der Waals surface area contributed by atoms with Gasteiger partial charge < -0.3 is 5.32 Å². The van der Waals surface area contributed by atoms with Crippen LogP contribution in [0.1, 0.15) is 10.4 Å². The summed E-state index contributed by atoms with van der Waals surface area (Å²) >= 11 is 8.76. The van der Waals surface area contributed by atoms with Gasteiger partial charge in [0.15, 0.2) is 0 Å². The number of rotatable bonds is 3. The third kappa shape index (κ3) is 3.09. The van der Waals surface area contributed by atoms with Crippen molar-refractivity contribution in [1.82, 2.24) is 0 Å². The fourth-order valence-electron chi connectivity index (χ4n) is 1.40. The van der Waals surface area contributed by atoms with Crippen LogP contribution in [0.5, 0.6) is 0 Å². The number of hydrogen-bond acceptors (Lipinski definition) is 2. The number of nitrogens with one attached hydrogen (secondary N) is 1. The van der Waals surface area contributed by atoms with E-state index in [4.69, 9.17) is 0 Å². The van der Waals surface area contributed by atoms with Crippen molar-refractivity contribution in [2.24, 2.45) is 0 Å². The highest BCUT2D eigenvalue weighted by atomic mass is 79.9. The minimum absolute atomic E-state index is 0.859. The van der Waals surface area contributed by atoms with Crippen molar-refractivity contribution >= 4 is 48.9 Å². The first-order valence-electron chi connectivity index (χ1n) is 4.89. The van der Waals surface area contributed by atoms with Crippen LogP contribution in [-0.2, 0) is 6.54 Å². The highest BCUT2D eigenvalue weighted by Gasteiger charge is 2.01. The highest BCUT2D eigenvalue weighted by molar-refractivity contribution is 9.11. The molecule has 0 saturated heterocycles. The van der Waals surface area contributed by atoms with Gasteiger partial charge in [0.2, 0.25) is 0 Å². The summed E-state index contributed by atoms with van der Waals surface area (Å²) in [5, 5.41) is 3.43. The first-order valence-corrected chi connectivity index (χ1v) is 7.29. The van der Waals surface area contributed by atoms with Crippen molar-refractivity contribution in [3.05, 3.63) is 49.0 Å². The molecule has 0 aliphatic rings. The summed E-state index contributed by atoms with van der Waals surface area (Å²) in [5.74, 6) is 0. The Morgan fingerprint density at radius 2 is 2.00 bits per heavy atom. The molecule has 0 radical (unpaired) electrons. The van der Waals surface area contributed by atoms with Crippen molar-refractivity contribution in [2.45, 2.75) is 13.5 Å². The smallest absolute Gasteiger partial charge is 0.0702 e. The molecule has 1 aromatic heterocycles. The van der Waals surface area contributed by atoms with Crippen molar-refractivity contribution < 1.29 is 0 Å². The van der Waals surface area contributed by atoms with Gasteiger partial charge in [-0.15, -0.1) is 11.3 Å². The third-order valence-corrected chi connectivity index (χ3v) is 4.52. The lowest BCUT2D eigenvalue weighted by molar-refractivity contribution is 1.18. The molecule has 2 aromatic rings. The average Bonchev–Trinajstić information content (AvgIpc) is 2.66. The van der Waals surface area contributed by atoms with Gasteiger partial charge in [-0.3, -0.25) is 0 Å². The molecule has 1 aromatic carbocycles. The minimum Gasteiger partial charge on any atom is -0.379 e. The standard InChI is InChI=1S/C12H11Br2NS/c1-8-2-4-10(13)11(6-8)15-7-9-3-5-12(14)16-9/h2-6,15H,7H2,1H3. The van der Waals surface area contributed by atoms with Gasteiger partial charge in [0.1, 0.15) is 0 Å². The molecule has 84 valence electrons. The molecule has 1 nitrogen and oxygen atoms in total. The van der Waals surface area contributed by atoms with Crippen molar-refractivity contribution in [1.29, 1.82) is 0 Å². The Morgan fingerprint density at radius 3 is 2.69 bits per heavy atom. The largest absolute Gasteiger partial charge is 0.379 e. The number of aryl methyl sites for hydroxylation is 1. The van der Waals surface area contributed by atoms with E-state index < -0.39 is 0 Å². The second-order valence-electron chi connectivity index (χ2n) is 3.54. The predicted molar refractivity (Wildman–Crippen MR) is 78.2 cm³/mol. The van der Waals surface area contributed by atoms with Crippen LogP contribution >= 0.6 is 43.2 Å². The Morgan fingerprint density at radius 1 is 1.19 bits per heavy atom. The molecule has 1 N–H and O–H groups in total. The molecular formula is C12H11Br2NS. The number of thiophene rings is 1. The first-order chi connectivity index (χ1) is 7.65. The van der Waals surface area contributed by atoms with E-state index in [1.807, 2.05) is 0 Å². The lowest BCUT2D eigenvalue weighted by Crippen LogP contribution is -1.98. The van der Waals surface area contributed by atoms with E-state index in [2.05, 4.69) is 74.4 Å². The maximum absolute atomic E-state index is 3.54. The van der Waals surface area contributed by atoms with E-state index in [1.54, 1.807) is 11.3 Å². The van der Waals surface area contributed by atoms with E-state index in [-0.39, 0.29) is 0 Å². The molecule has 0 fully saturated rings. The van der Waals surface area contributed by atoms with Crippen LogP contribution in [0.2, 0.25) is 0 Å². The Hall–Kier alpha value is -0.320. The van der Waals surface area contributed by atoms with E-state index in [9.17, 15) is 0 Å². The van der Waals surface area contributed by atoms with Gasteiger partial charge in [-0.25, -0.2) is 0 Å². The van der Waals surface area contributed by atoms with Crippen LogP contribution in [0.4, 0.5) is 5.69 Å². The molecule has 0 unspecified atom stereocenters. The molecular weight excluding hydrogens is 350 g/mol. The fraction of sp³-hybridized carbons (Fsp3) is 0.167. The van der Waals surface area contributed by atoms with Crippen molar-refractivity contribution in [3.8, 4) is 0 Å². The van der Waals surface area contributed by atoms with Crippen LogP contribution in [0, 0.1) is 6.92 Å². The summed E-state index contributed by atoms with van der Waals surface area (Å²) in [4.78, 5) is 1.32. The summed E-state index contributed by atoms with van der Waals surface area (Å²) in [5.41, 5.74) is 2.41. The van der Waals surface area contributed by atoms with E-state index in [1.165, 1.54) is 14.2 Å². The van der Waals surface area contributed by atoms with Crippen molar-refractivity contribution in [2.75, 3.05) is 5.32 Å². The van der Waals surface area contributed by atoms with Gasteiger partial charge in [0.05, 0.1) is 3.79 Å². The monoisotopic (exact) mass is 359 g/mol. The summed E-state index contributed by atoms with van der Waals surface area (Å²) in [6.07, 6.45) is 0. The molecule has 2 rings (SSSR count). The highest BCUT2D eigenvalue weighted by Crippen LogP contribution is 2.26. The number of benzene rings is 1. The van der Waals surface area contributed by atoms with E-state index >= 15 is 0 Å². The number of hydrogen-bond donors (Lipinski definition) is 1. The summed E-state index contributed by atoms with van der Waals surface area (Å²) in [6.45, 7) is 2.96. The predicted octanol–water partition coefficient (Wildman–Crippen LogP) is 5.19. The zero-order chi connectivity index (χ0) is 11.5. The number of halogens is 2. The molecule has 0 amide bonds. The van der Waals surface area contributed by atoms with Crippen molar-refractivity contribution in [3.63, 3.8) is 0 Å². The summed E-state index contributed by atoms with van der Waals surface area (Å²) in [7, 11) is 0. The Kier molecular flexibility index (Phi) is 4.05. The summed E-state index contributed by atoms with van der Waals surface area (Å²) < 4.78 is 2.28. The Bertz CT molecular complexity index is 494. The van der Waals surface area contributed by atoms with Crippen LogP contribution in [0.25, 0.3) is 0 Å². The maximum Gasteiger partial charge on any atom is 0.0702 e. The third-order valence-electron chi connectivity index (χ3n) is 2.20. The van der Waals surface area contributed by atoms with Gasteiger partial charge >= 0.3 is 0 Å². The molecule has 1 heterocycles. The Labute approximate surface area is 116 Å². The van der Waals surface area contributed by atoms with Crippen LogP contribution < -0.4 is 5.32 Å². The molecule has 0 atom stereocenters. The quantitative estimate of drug-likeness (QED) is 0.793. The molecule has 0 spiro atoms. The molecule has 0 saturated carbocycles. The van der Waals surface area contributed by atoms with Gasteiger partial charge in [-0.1, -0.05) is 6.07 Å². The summed E-state index contributed by atoms with van der Waals surface area (Å²) in [6, 6.07) is 10.5. The zero-order valence-corrected chi connectivity index (χ0v) is 12.7. The van der Waals surface area contributed by atoms with Crippen LogP contribution in [-0.4, -0.2) is 0 Å². The van der Waals surface area contributed by atoms with Gasteiger partial charge in [0, 0.05) is 21.6 Å². The van der Waals surface area contributed by atoms with E-state index in [0.717, 1.165) is 16.7 Å². The van der Waals surface area contributed by atoms with Gasteiger partial charge in [-0.05, 0) is 68.6 Å². The average molecular weight is 361 g/mol. The second kappa shape index (κ2) is 5.34. The lowest BCUT2D eigenvalue weighted by Gasteiger charge is -2.08. The first kappa shape index (κ1) is 12.1. The second-order valence-corrected chi connectivity index (χ2v) is 6.94. The molecule has 0 aliphatic carbocycles. The van der Waals surface area contributed by atoms with Gasteiger partial charge in [0.25, 0.3) is 0 Å². The molecule has 16 heavy (non-hydrogen) atoms. The molecule has 0 bridgehead atoms. The molecule has 4 heteroatoms. The maximum atomic E-state index is 3.54. The normalized spacial score (nSPS) is 10.4. The Balaban J connectivity index is 2.07. The lowest BCUT2D eigenvalue weighted by atomic mass is 10.2.